The number of hydrogen-bond donors (Lipinski definition) is 1. The highest BCUT2D eigenvalue weighted by Crippen LogP contribution is 2.30. The third-order valence-electron chi connectivity index (χ3n) is 4.56. The monoisotopic (exact) mass is 255 g/mol. The van der Waals surface area contributed by atoms with Gasteiger partial charge in [-0.1, -0.05) is 0 Å². The molecule has 1 aliphatic carbocycles. The average Bonchev–Trinajstić information content (AvgIpc) is 2.40. The molecule has 0 aromatic carbocycles. The van der Waals surface area contributed by atoms with Crippen LogP contribution in [0.15, 0.2) is 0 Å². The van der Waals surface area contributed by atoms with Crippen molar-refractivity contribution < 1.29 is 14.6 Å². The second-order valence-corrected chi connectivity index (χ2v) is 5.84. The summed E-state index contributed by atoms with van der Waals surface area (Å²) >= 11 is 0. The molecule has 2 fully saturated rings. The van der Waals surface area contributed by atoms with Crippen molar-refractivity contribution >= 4 is 5.97 Å². The van der Waals surface area contributed by atoms with Crippen LogP contribution in [0.1, 0.15) is 38.5 Å². The molecule has 1 saturated heterocycles. The Bertz CT molecular complexity index is 268. The molecule has 104 valence electrons. The summed E-state index contributed by atoms with van der Waals surface area (Å²) in [7, 11) is 2.21. The highest BCUT2D eigenvalue weighted by Gasteiger charge is 2.28. The van der Waals surface area contributed by atoms with Crippen molar-refractivity contribution in [3.8, 4) is 0 Å². The summed E-state index contributed by atoms with van der Waals surface area (Å²) in [5.74, 6) is -0.00526. The molecule has 1 saturated carbocycles. The summed E-state index contributed by atoms with van der Waals surface area (Å²) in [5.41, 5.74) is 0. The van der Waals surface area contributed by atoms with Gasteiger partial charge in [0.25, 0.3) is 0 Å². The Morgan fingerprint density at radius 2 is 1.78 bits per heavy atom. The van der Waals surface area contributed by atoms with E-state index in [0.717, 1.165) is 58.3 Å². The normalized spacial score (nSPS) is 30.6. The zero-order valence-corrected chi connectivity index (χ0v) is 11.3. The molecule has 2 aliphatic rings. The molecule has 0 spiro atoms. The lowest BCUT2D eigenvalue weighted by atomic mass is 9.81. The van der Waals surface area contributed by atoms with Crippen LogP contribution in [0.25, 0.3) is 0 Å². The molecule has 4 nitrogen and oxygen atoms in total. The van der Waals surface area contributed by atoms with Crippen LogP contribution in [0.2, 0.25) is 0 Å². The number of ether oxygens (including phenoxy) is 1. The minimum absolute atomic E-state index is 0.0883. The first-order chi connectivity index (χ1) is 8.66. The summed E-state index contributed by atoms with van der Waals surface area (Å²) in [5, 5.41) is 8.99. The van der Waals surface area contributed by atoms with Gasteiger partial charge in [-0.3, -0.25) is 4.79 Å². The summed E-state index contributed by atoms with van der Waals surface area (Å²) in [4.78, 5) is 13.4. The third kappa shape index (κ3) is 3.69. The zero-order valence-electron chi connectivity index (χ0n) is 11.3. The Balaban J connectivity index is 1.71. The fourth-order valence-corrected chi connectivity index (χ4v) is 3.27. The third-order valence-corrected chi connectivity index (χ3v) is 4.56. The van der Waals surface area contributed by atoms with Crippen molar-refractivity contribution in [2.24, 2.45) is 11.8 Å². The largest absolute Gasteiger partial charge is 0.481 e. The van der Waals surface area contributed by atoms with Gasteiger partial charge in [0.15, 0.2) is 0 Å². The van der Waals surface area contributed by atoms with Crippen LogP contribution in [-0.2, 0) is 9.53 Å². The fraction of sp³-hybridized carbons (Fsp3) is 0.929. The maximum absolute atomic E-state index is 10.9. The Labute approximate surface area is 109 Å². The molecule has 1 heterocycles. The highest BCUT2D eigenvalue weighted by molar-refractivity contribution is 5.69. The molecule has 4 heteroatoms. The number of hydrogen-bond acceptors (Lipinski definition) is 3. The molecule has 2 rings (SSSR count). The topological polar surface area (TPSA) is 49.8 Å². The second kappa shape index (κ2) is 6.53. The second-order valence-electron chi connectivity index (χ2n) is 5.84. The molecule has 18 heavy (non-hydrogen) atoms. The van der Waals surface area contributed by atoms with Crippen molar-refractivity contribution in [2.45, 2.75) is 44.6 Å². The average molecular weight is 255 g/mol. The molecular weight excluding hydrogens is 230 g/mol. The van der Waals surface area contributed by atoms with Gasteiger partial charge in [-0.05, 0) is 51.5 Å². The molecule has 0 bridgehead atoms. The predicted molar refractivity (Wildman–Crippen MR) is 69.6 cm³/mol. The Hall–Kier alpha value is -0.610. The van der Waals surface area contributed by atoms with Crippen molar-refractivity contribution in [2.75, 3.05) is 26.8 Å². The van der Waals surface area contributed by atoms with Crippen LogP contribution >= 0.6 is 0 Å². The molecule has 1 N–H and O–H groups in total. The summed E-state index contributed by atoms with van der Waals surface area (Å²) in [6.07, 6.45) is 6.15. The molecule has 1 aliphatic heterocycles. The predicted octanol–water partition coefficient (Wildman–Crippen LogP) is 1.99. The molecular formula is C14H25NO3. The van der Waals surface area contributed by atoms with Crippen LogP contribution in [-0.4, -0.2) is 48.8 Å². The van der Waals surface area contributed by atoms with Crippen molar-refractivity contribution in [3.63, 3.8) is 0 Å². The number of rotatable bonds is 4. The Kier molecular flexibility index (Phi) is 5.01. The van der Waals surface area contributed by atoms with Gasteiger partial charge in [-0.25, -0.2) is 0 Å². The molecule has 0 aromatic rings. The first-order valence-corrected chi connectivity index (χ1v) is 7.17. The number of nitrogens with zero attached hydrogens (tertiary/aromatic N) is 1. The van der Waals surface area contributed by atoms with Crippen LogP contribution in [0.4, 0.5) is 0 Å². The first-order valence-electron chi connectivity index (χ1n) is 7.17. The van der Waals surface area contributed by atoms with E-state index in [4.69, 9.17) is 9.84 Å². The number of carbonyl (C=O) groups is 1. The van der Waals surface area contributed by atoms with E-state index in [1.807, 2.05) is 0 Å². The number of carboxylic acids is 1. The highest BCUT2D eigenvalue weighted by atomic mass is 16.5. The lowest BCUT2D eigenvalue weighted by Crippen LogP contribution is -2.40. The first kappa shape index (κ1) is 13.8. The quantitative estimate of drug-likeness (QED) is 0.834. The lowest BCUT2D eigenvalue weighted by molar-refractivity contribution is -0.143. The molecule has 0 unspecified atom stereocenters. The smallest absolute Gasteiger partial charge is 0.306 e. The summed E-state index contributed by atoms with van der Waals surface area (Å²) < 4.78 is 5.39. The molecule has 0 atom stereocenters. The van der Waals surface area contributed by atoms with E-state index in [2.05, 4.69) is 11.9 Å². The van der Waals surface area contributed by atoms with E-state index in [-0.39, 0.29) is 5.92 Å². The van der Waals surface area contributed by atoms with Gasteiger partial charge >= 0.3 is 5.97 Å². The van der Waals surface area contributed by atoms with Gasteiger partial charge in [0.05, 0.1) is 5.92 Å². The van der Waals surface area contributed by atoms with E-state index in [1.54, 1.807) is 0 Å². The van der Waals surface area contributed by atoms with Crippen molar-refractivity contribution in [1.82, 2.24) is 4.90 Å². The van der Waals surface area contributed by atoms with Crippen LogP contribution in [0.5, 0.6) is 0 Å². The van der Waals surface area contributed by atoms with Gasteiger partial charge < -0.3 is 14.7 Å². The number of aliphatic carboxylic acids is 1. The van der Waals surface area contributed by atoms with Crippen LogP contribution in [0, 0.1) is 11.8 Å². The van der Waals surface area contributed by atoms with E-state index < -0.39 is 5.97 Å². The molecule has 0 aromatic heterocycles. The number of carboxylic acid groups (broad SMARTS) is 1. The van der Waals surface area contributed by atoms with Gasteiger partial charge in [0, 0.05) is 25.8 Å². The van der Waals surface area contributed by atoms with Crippen molar-refractivity contribution in [3.05, 3.63) is 0 Å². The van der Waals surface area contributed by atoms with E-state index >= 15 is 0 Å². The summed E-state index contributed by atoms with van der Waals surface area (Å²) in [6, 6.07) is 0.663. The van der Waals surface area contributed by atoms with E-state index in [9.17, 15) is 4.79 Å². The maximum atomic E-state index is 10.9. The lowest BCUT2D eigenvalue weighted by Gasteiger charge is -2.35. The van der Waals surface area contributed by atoms with Gasteiger partial charge in [-0.15, -0.1) is 0 Å². The standard InChI is InChI=1S/C14H25NO3/c1-15(13-6-8-18-9-7-13)10-11-2-4-12(5-3-11)14(16)17/h11-13H,2-10H2,1H3,(H,16,17). The minimum atomic E-state index is -0.605. The van der Waals surface area contributed by atoms with Gasteiger partial charge in [0.1, 0.15) is 0 Å². The zero-order chi connectivity index (χ0) is 13.0. The Morgan fingerprint density at radius 1 is 1.17 bits per heavy atom. The van der Waals surface area contributed by atoms with E-state index in [1.165, 1.54) is 0 Å². The van der Waals surface area contributed by atoms with Crippen LogP contribution in [0.3, 0.4) is 0 Å². The SMILES string of the molecule is CN(CC1CCC(C(=O)O)CC1)C1CCOCC1. The fourth-order valence-electron chi connectivity index (χ4n) is 3.27. The molecule has 0 radical (unpaired) electrons. The maximum Gasteiger partial charge on any atom is 0.306 e. The van der Waals surface area contributed by atoms with Gasteiger partial charge in [0.2, 0.25) is 0 Å². The minimum Gasteiger partial charge on any atom is -0.481 e. The molecule has 0 amide bonds. The van der Waals surface area contributed by atoms with Crippen LogP contribution < -0.4 is 0 Å². The van der Waals surface area contributed by atoms with E-state index in [0.29, 0.717) is 12.0 Å². The van der Waals surface area contributed by atoms with Gasteiger partial charge in [-0.2, -0.15) is 0 Å². The summed E-state index contributed by atoms with van der Waals surface area (Å²) in [6.45, 7) is 2.90. The van der Waals surface area contributed by atoms with Crippen molar-refractivity contribution in [1.29, 1.82) is 0 Å². The Morgan fingerprint density at radius 3 is 2.33 bits per heavy atom.